The second kappa shape index (κ2) is 7.07. The molecule has 0 aliphatic carbocycles. The van der Waals surface area contributed by atoms with Gasteiger partial charge in [0.05, 0.1) is 10.6 Å². The first-order valence-corrected chi connectivity index (χ1v) is 8.23. The number of nitrogens with zero attached hydrogens (tertiary/aromatic N) is 1. The van der Waals surface area contributed by atoms with Crippen molar-refractivity contribution in [2.75, 3.05) is 13.1 Å². The molecule has 2 rings (SSSR count). The van der Waals surface area contributed by atoms with Crippen LogP contribution in [-0.4, -0.2) is 40.7 Å². The van der Waals surface area contributed by atoms with Crippen molar-refractivity contribution in [1.29, 1.82) is 0 Å². The van der Waals surface area contributed by atoms with Crippen molar-refractivity contribution in [2.45, 2.75) is 44.8 Å². The molecule has 1 amide bonds. The van der Waals surface area contributed by atoms with Gasteiger partial charge in [-0.25, -0.2) is 0 Å². The molecular formula is C16H21Cl2NO3. The third-order valence-electron chi connectivity index (χ3n) is 4.21. The van der Waals surface area contributed by atoms with Crippen molar-refractivity contribution in [3.63, 3.8) is 0 Å². The molecule has 1 N–H and O–H groups in total. The number of halogens is 2. The zero-order chi connectivity index (χ0) is 16.3. The van der Waals surface area contributed by atoms with Crippen LogP contribution in [0.15, 0.2) is 18.2 Å². The van der Waals surface area contributed by atoms with Gasteiger partial charge in [0, 0.05) is 18.1 Å². The third kappa shape index (κ3) is 4.06. The summed E-state index contributed by atoms with van der Waals surface area (Å²) in [4.78, 5) is 14.2. The molecule has 0 saturated carbocycles. The van der Waals surface area contributed by atoms with Crippen molar-refractivity contribution >= 4 is 29.1 Å². The number of hydrogen-bond acceptors (Lipinski definition) is 3. The molecule has 1 atom stereocenters. The number of ether oxygens (including phenoxy) is 1. The van der Waals surface area contributed by atoms with Gasteiger partial charge in [-0.2, -0.15) is 0 Å². The molecule has 0 unspecified atom stereocenters. The average Bonchev–Trinajstić information content (AvgIpc) is 2.50. The van der Waals surface area contributed by atoms with E-state index in [1.165, 1.54) is 0 Å². The number of carbonyl (C=O) groups is 1. The molecule has 4 nitrogen and oxygen atoms in total. The van der Waals surface area contributed by atoms with Crippen LogP contribution in [0.4, 0.5) is 0 Å². The highest BCUT2D eigenvalue weighted by atomic mass is 35.5. The summed E-state index contributed by atoms with van der Waals surface area (Å²) in [5.41, 5.74) is -0.639. The number of aliphatic hydroxyl groups is 1. The van der Waals surface area contributed by atoms with E-state index in [2.05, 4.69) is 0 Å². The van der Waals surface area contributed by atoms with Gasteiger partial charge in [-0.05, 0) is 44.4 Å². The zero-order valence-electron chi connectivity index (χ0n) is 12.8. The largest absolute Gasteiger partial charge is 0.479 e. The number of amides is 1. The van der Waals surface area contributed by atoms with Crippen LogP contribution >= 0.6 is 23.2 Å². The van der Waals surface area contributed by atoms with E-state index in [0.717, 1.165) is 0 Å². The molecule has 0 bridgehead atoms. The van der Waals surface area contributed by atoms with E-state index >= 15 is 0 Å². The maximum absolute atomic E-state index is 12.4. The minimum atomic E-state index is -0.639. The van der Waals surface area contributed by atoms with Crippen LogP contribution in [0.5, 0.6) is 5.75 Å². The highest BCUT2D eigenvalue weighted by Crippen LogP contribution is 2.29. The number of piperidine rings is 1. The summed E-state index contributed by atoms with van der Waals surface area (Å²) in [6, 6.07) is 4.90. The predicted molar refractivity (Wildman–Crippen MR) is 87.6 cm³/mol. The normalized spacial score (nSPS) is 18.9. The second-order valence-electron chi connectivity index (χ2n) is 5.74. The lowest BCUT2D eigenvalue weighted by atomic mass is 9.89. The Hall–Kier alpha value is -0.970. The Bertz CT molecular complexity index is 542. The summed E-state index contributed by atoms with van der Waals surface area (Å²) in [7, 11) is 0. The average molecular weight is 346 g/mol. The van der Waals surface area contributed by atoms with E-state index in [0.29, 0.717) is 48.1 Å². The highest BCUT2D eigenvalue weighted by Gasteiger charge is 2.34. The lowest BCUT2D eigenvalue weighted by Crippen LogP contribution is -2.49. The van der Waals surface area contributed by atoms with Gasteiger partial charge in [-0.1, -0.05) is 30.1 Å². The molecule has 0 radical (unpaired) electrons. The first-order valence-electron chi connectivity index (χ1n) is 7.47. The molecule has 1 fully saturated rings. The van der Waals surface area contributed by atoms with E-state index in [9.17, 15) is 9.90 Å². The minimum absolute atomic E-state index is 0.0934. The van der Waals surface area contributed by atoms with E-state index < -0.39 is 11.7 Å². The first kappa shape index (κ1) is 17.4. The molecule has 1 aromatic carbocycles. The van der Waals surface area contributed by atoms with Gasteiger partial charge in [0.25, 0.3) is 5.91 Å². The highest BCUT2D eigenvalue weighted by molar-refractivity contribution is 6.35. The fourth-order valence-electron chi connectivity index (χ4n) is 2.57. The van der Waals surface area contributed by atoms with Gasteiger partial charge in [0.1, 0.15) is 5.75 Å². The molecule has 1 aliphatic rings. The number of benzene rings is 1. The lowest BCUT2D eigenvalue weighted by molar-refractivity contribution is -0.142. The quantitative estimate of drug-likeness (QED) is 0.908. The summed E-state index contributed by atoms with van der Waals surface area (Å²) in [5.74, 6) is 0.346. The Labute approximate surface area is 141 Å². The Kier molecular flexibility index (Phi) is 5.59. The molecule has 0 spiro atoms. The van der Waals surface area contributed by atoms with Crippen LogP contribution < -0.4 is 4.74 Å². The van der Waals surface area contributed by atoms with E-state index in [1.807, 2.05) is 6.92 Å². The van der Waals surface area contributed by atoms with E-state index in [1.54, 1.807) is 30.0 Å². The van der Waals surface area contributed by atoms with Gasteiger partial charge in [-0.3, -0.25) is 4.79 Å². The molecule has 1 saturated heterocycles. The van der Waals surface area contributed by atoms with Crippen LogP contribution in [0.3, 0.4) is 0 Å². The summed E-state index contributed by atoms with van der Waals surface area (Å²) < 4.78 is 5.65. The Morgan fingerprint density at radius 2 is 2.05 bits per heavy atom. The maximum atomic E-state index is 12.4. The minimum Gasteiger partial charge on any atom is -0.479 e. The number of likely N-dealkylation sites (tertiary alicyclic amines) is 1. The molecular weight excluding hydrogens is 325 g/mol. The monoisotopic (exact) mass is 345 g/mol. The van der Waals surface area contributed by atoms with Gasteiger partial charge < -0.3 is 14.7 Å². The molecule has 22 heavy (non-hydrogen) atoms. The molecule has 1 aliphatic heterocycles. The summed E-state index contributed by atoms with van der Waals surface area (Å²) in [5, 5.41) is 11.1. The lowest BCUT2D eigenvalue weighted by Gasteiger charge is -2.38. The van der Waals surface area contributed by atoms with E-state index in [4.69, 9.17) is 27.9 Å². The Morgan fingerprint density at radius 3 is 2.59 bits per heavy atom. The summed E-state index contributed by atoms with van der Waals surface area (Å²) in [6.07, 6.45) is 1.28. The number of carbonyl (C=O) groups excluding carboxylic acids is 1. The molecule has 122 valence electrons. The van der Waals surface area contributed by atoms with Gasteiger partial charge >= 0.3 is 0 Å². The second-order valence-corrected chi connectivity index (χ2v) is 6.58. The van der Waals surface area contributed by atoms with Crippen molar-refractivity contribution in [2.24, 2.45) is 0 Å². The maximum Gasteiger partial charge on any atom is 0.263 e. The molecule has 1 aromatic rings. The van der Waals surface area contributed by atoms with Crippen LogP contribution in [0, 0.1) is 0 Å². The van der Waals surface area contributed by atoms with Crippen molar-refractivity contribution in [3.8, 4) is 5.75 Å². The van der Waals surface area contributed by atoms with Crippen LogP contribution in [-0.2, 0) is 4.79 Å². The predicted octanol–water partition coefficient (Wildman–Crippen LogP) is 3.52. The van der Waals surface area contributed by atoms with Gasteiger partial charge in [0.15, 0.2) is 6.10 Å². The Balaban J connectivity index is 1.95. The van der Waals surface area contributed by atoms with Crippen molar-refractivity contribution in [3.05, 3.63) is 28.2 Å². The van der Waals surface area contributed by atoms with Crippen LogP contribution in [0.1, 0.15) is 33.1 Å². The van der Waals surface area contributed by atoms with Crippen molar-refractivity contribution < 1.29 is 14.6 Å². The fourth-order valence-corrected chi connectivity index (χ4v) is 3.02. The summed E-state index contributed by atoms with van der Waals surface area (Å²) in [6.45, 7) is 4.76. The van der Waals surface area contributed by atoms with Gasteiger partial charge in [0.2, 0.25) is 0 Å². The molecule has 6 heteroatoms. The Morgan fingerprint density at radius 1 is 1.41 bits per heavy atom. The first-order chi connectivity index (χ1) is 10.3. The fraction of sp³-hybridized carbons (Fsp3) is 0.562. The number of hydrogen-bond donors (Lipinski definition) is 1. The zero-order valence-corrected chi connectivity index (χ0v) is 14.3. The van der Waals surface area contributed by atoms with E-state index in [-0.39, 0.29) is 5.91 Å². The number of rotatable bonds is 4. The van der Waals surface area contributed by atoms with Crippen molar-refractivity contribution in [1.82, 2.24) is 4.90 Å². The third-order valence-corrected chi connectivity index (χ3v) is 4.74. The molecule has 0 aromatic heterocycles. The molecule has 1 heterocycles. The standard InChI is InChI=1S/C16H21Cl2NO3/c1-3-16(21)6-8-19(9-7-16)15(20)11(2)22-14-5-4-12(17)10-13(14)18/h4-5,10-11,21H,3,6-9H2,1-2H3/t11-/m0/s1. The van der Waals surface area contributed by atoms with Crippen LogP contribution in [0.25, 0.3) is 0 Å². The van der Waals surface area contributed by atoms with Gasteiger partial charge in [-0.15, -0.1) is 0 Å². The SMILES string of the molecule is CCC1(O)CCN(C(=O)[C@H](C)Oc2ccc(Cl)cc2Cl)CC1. The smallest absolute Gasteiger partial charge is 0.263 e. The summed E-state index contributed by atoms with van der Waals surface area (Å²) >= 11 is 11.9. The topological polar surface area (TPSA) is 49.8 Å². The van der Waals surface area contributed by atoms with Crippen LogP contribution in [0.2, 0.25) is 10.0 Å².